The maximum atomic E-state index is 12.8. The first-order valence-electron chi connectivity index (χ1n) is 10.8. The Morgan fingerprint density at radius 1 is 1.13 bits per heavy atom. The number of anilines is 2. The Kier molecular flexibility index (Phi) is 6.41. The lowest BCUT2D eigenvalue weighted by Crippen LogP contribution is -2.38. The molecule has 3 aromatic rings. The number of nitrogens with zero attached hydrogens (tertiary/aromatic N) is 3. The largest absolute Gasteiger partial charge is 0.340 e. The zero-order valence-corrected chi connectivity index (χ0v) is 18.1. The van der Waals surface area contributed by atoms with Crippen molar-refractivity contribution in [1.82, 2.24) is 14.9 Å². The van der Waals surface area contributed by atoms with Crippen molar-refractivity contribution >= 4 is 23.5 Å². The highest BCUT2D eigenvalue weighted by Gasteiger charge is 2.25. The minimum Gasteiger partial charge on any atom is -0.340 e. The highest BCUT2D eigenvalue weighted by Crippen LogP contribution is 2.29. The Bertz CT molecular complexity index is 1080. The molecule has 5 heteroatoms. The number of benzene rings is 1. The number of carbonyl (C=O) groups excluding carboxylic acids is 1. The van der Waals surface area contributed by atoms with Crippen LogP contribution in [0.3, 0.4) is 0 Å². The van der Waals surface area contributed by atoms with Crippen molar-refractivity contribution in [3.8, 4) is 0 Å². The minimum atomic E-state index is 0.0589. The average Bonchev–Trinajstić information content (AvgIpc) is 2.79. The fourth-order valence-electron chi connectivity index (χ4n) is 3.98. The van der Waals surface area contributed by atoms with Gasteiger partial charge in [0.1, 0.15) is 5.82 Å². The summed E-state index contributed by atoms with van der Waals surface area (Å²) in [5.74, 6) is 1.14. The smallest absolute Gasteiger partial charge is 0.246 e. The summed E-state index contributed by atoms with van der Waals surface area (Å²) in [6.07, 6.45) is 7.36. The number of carbonyl (C=O) groups is 1. The average molecular weight is 413 g/mol. The summed E-state index contributed by atoms with van der Waals surface area (Å²) in [5.41, 5.74) is 5.10. The maximum absolute atomic E-state index is 12.8. The van der Waals surface area contributed by atoms with Gasteiger partial charge < -0.3 is 10.2 Å². The van der Waals surface area contributed by atoms with Gasteiger partial charge in [0.05, 0.1) is 0 Å². The summed E-state index contributed by atoms with van der Waals surface area (Å²) >= 11 is 0. The van der Waals surface area contributed by atoms with E-state index in [1.54, 1.807) is 12.3 Å². The molecule has 1 N–H and O–H groups in total. The second-order valence-corrected chi connectivity index (χ2v) is 8.08. The quantitative estimate of drug-likeness (QED) is 0.581. The molecule has 158 valence electrons. The fourth-order valence-corrected chi connectivity index (χ4v) is 3.98. The van der Waals surface area contributed by atoms with E-state index in [0.29, 0.717) is 6.54 Å². The number of pyridine rings is 2. The number of hydrogen-bond donors (Lipinski definition) is 1. The van der Waals surface area contributed by atoms with Gasteiger partial charge in [-0.2, -0.15) is 0 Å². The van der Waals surface area contributed by atoms with Crippen molar-refractivity contribution in [3.63, 3.8) is 0 Å². The molecule has 1 amide bonds. The number of aryl methyl sites for hydroxylation is 2. The Morgan fingerprint density at radius 2 is 1.97 bits per heavy atom. The zero-order valence-electron chi connectivity index (χ0n) is 18.1. The summed E-state index contributed by atoms with van der Waals surface area (Å²) in [6.45, 7) is 5.53. The van der Waals surface area contributed by atoms with Crippen LogP contribution in [0.4, 0.5) is 11.5 Å². The second kappa shape index (κ2) is 9.56. The predicted molar refractivity (Wildman–Crippen MR) is 125 cm³/mol. The Balaban J connectivity index is 1.47. The molecule has 1 saturated heterocycles. The van der Waals surface area contributed by atoms with Crippen LogP contribution in [0.25, 0.3) is 6.08 Å². The van der Waals surface area contributed by atoms with E-state index in [0.717, 1.165) is 53.4 Å². The number of aromatic nitrogens is 2. The van der Waals surface area contributed by atoms with Crippen LogP contribution < -0.4 is 5.32 Å². The van der Waals surface area contributed by atoms with Crippen LogP contribution in [0.15, 0.2) is 66.9 Å². The van der Waals surface area contributed by atoms with Crippen LogP contribution in [0, 0.1) is 13.8 Å². The lowest BCUT2D eigenvalue weighted by atomic mass is 9.93. The molecular formula is C26H28N4O. The van der Waals surface area contributed by atoms with Crippen LogP contribution in [-0.4, -0.2) is 33.9 Å². The van der Waals surface area contributed by atoms with E-state index in [2.05, 4.69) is 16.4 Å². The highest BCUT2D eigenvalue weighted by molar-refractivity contribution is 5.91. The van der Waals surface area contributed by atoms with Crippen molar-refractivity contribution in [1.29, 1.82) is 0 Å². The van der Waals surface area contributed by atoms with E-state index in [1.807, 2.05) is 73.4 Å². The van der Waals surface area contributed by atoms with Crippen molar-refractivity contribution in [3.05, 3.63) is 89.4 Å². The van der Waals surface area contributed by atoms with Gasteiger partial charge in [-0.05, 0) is 62.1 Å². The molecule has 3 heterocycles. The molecule has 2 aromatic heterocycles. The van der Waals surface area contributed by atoms with Crippen LogP contribution in [0.5, 0.6) is 0 Å². The second-order valence-electron chi connectivity index (χ2n) is 8.08. The van der Waals surface area contributed by atoms with E-state index in [9.17, 15) is 4.79 Å². The van der Waals surface area contributed by atoms with E-state index < -0.39 is 0 Å². The van der Waals surface area contributed by atoms with E-state index in [-0.39, 0.29) is 11.8 Å². The number of likely N-dealkylation sites (tertiary alicyclic amines) is 1. The molecule has 31 heavy (non-hydrogen) atoms. The number of piperidine rings is 1. The molecule has 0 aliphatic carbocycles. The van der Waals surface area contributed by atoms with Gasteiger partial charge in [-0.3, -0.25) is 9.78 Å². The Hall–Kier alpha value is -3.47. The van der Waals surface area contributed by atoms with Gasteiger partial charge in [-0.1, -0.05) is 36.4 Å². The first-order valence-corrected chi connectivity index (χ1v) is 10.8. The van der Waals surface area contributed by atoms with Gasteiger partial charge in [-0.15, -0.1) is 0 Å². The molecule has 0 bridgehead atoms. The molecule has 0 spiro atoms. The monoisotopic (exact) mass is 412 g/mol. The summed E-state index contributed by atoms with van der Waals surface area (Å²) in [6, 6.07) is 18.0. The molecule has 1 aliphatic heterocycles. The van der Waals surface area contributed by atoms with Crippen molar-refractivity contribution in [2.24, 2.45) is 0 Å². The minimum absolute atomic E-state index is 0.0589. The summed E-state index contributed by atoms with van der Waals surface area (Å²) in [5, 5.41) is 3.42. The topological polar surface area (TPSA) is 58.1 Å². The predicted octanol–water partition coefficient (Wildman–Crippen LogP) is 5.26. The Labute approximate surface area is 183 Å². The van der Waals surface area contributed by atoms with Gasteiger partial charge in [0.2, 0.25) is 5.91 Å². The van der Waals surface area contributed by atoms with Crippen molar-refractivity contribution < 1.29 is 4.79 Å². The molecule has 4 rings (SSSR count). The number of nitrogens with one attached hydrogen (secondary N) is 1. The standard InChI is InChI=1S/C26H28N4O/c1-19-8-6-14-27-26(19)29-23-16-20(2)28-24(17-23)22-11-7-15-30(18-22)25(31)13-12-21-9-4-3-5-10-21/h3-6,8-10,12-14,16-17,22H,7,11,15,18H2,1-2H3,(H,27,28,29)/b13-12+/t22-/m1/s1. The Morgan fingerprint density at radius 3 is 2.77 bits per heavy atom. The molecule has 5 nitrogen and oxygen atoms in total. The first-order chi connectivity index (χ1) is 15.1. The lowest BCUT2D eigenvalue weighted by Gasteiger charge is -2.32. The number of amides is 1. The van der Waals surface area contributed by atoms with Crippen LogP contribution in [0.2, 0.25) is 0 Å². The summed E-state index contributed by atoms with van der Waals surface area (Å²) < 4.78 is 0. The van der Waals surface area contributed by atoms with Gasteiger partial charge in [0.25, 0.3) is 0 Å². The third kappa shape index (κ3) is 5.37. The normalized spacial score (nSPS) is 16.5. The summed E-state index contributed by atoms with van der Waals surface area (Å²) in [4.78, 5) is 23.9. The van der Waals surface area contributed by atoms with Gasteiger partial charge in [-0.25, -0.2) is 4.98 Å². The highest BCUT2D eigenvalue weighted by atomic mass is 16.2. The lowest BCUT2D eigenvalue weighted by molar-refractivity contribution is -0.127. The van der Waals surface area contributed by atoms with E-state index in [1.165, 1.54) is 0 Å². The molecule has 0 radical (unpaired) electrons. The third-order valence-electron chi connectivity index (χ3n) is 5.61. The molecular weight excluding hydrogens is 384 g/mol. The van der Waals surface area contributed by atoms with Crippen LogP contribution in [-0.2, 0) is 4.79 Å². The van der Waals surface area contributed by atoms with E-state index >= 15 is 0 Å². The molecule has 0 saturated carbocycles. The zero-order chi connectivity index (χ0) is 21.6. The molecule has 1 atom stereocenters. The third-order valence-corrected chi connectivity index (χ3v) is 5.61. The maximum Gasteiger partial charge on any atom is 0.246 e. The summed E-state index contributed by atoms with van der Waals surface area (Å²) in [7, 11) is 0. The van der Waals surface area contributed by atoms with Crippen molar-refractivity contribution in [2.75, 3.05) is 18.4 Å². The molecule has 1 aromatic carbocycles. The fraction of sp³-hybridized carbons (Fsp3) is 0.269. The number of rotatable bonds is 5. The van der Waals surface area contributed by atoms with Gasteiger partial charge >= 0.3 is 0 Å². The SMILES string of the molecule is Cc1cc(Nc2ncccc2C)cc([C@@H]2CCCN(C(=O)/C=C/c3ccccc3)C2)n1. The van der Waals surface area contributed by atoms with Crippen LogP contribution >= 0.6 is 0 Å². The van der Waals surface area contributed by atoms with Gasteiger partial charge in [0.15, 0.2) is 0 Å². The van der Waals surface area contributed by atoms with Crippen molar-refractivity contribution in [2.45, 2.75) is 32.6 Å². The molecule has 1 aliphatic rings. The number of hydrogen-bond acceptors (Lipinski definition) is 4. The molecule has 1 fully saturated rings. The van der Waals surface area contributed by atoms with E-state index in [4.69, 9.17) is 4.98 Å². The molecule has 0 unspecified atom stereocenters. The van der Waals surface area contributed by atoms with Crippen LogP contribution in [0.1, 0.15) is 41.3 Å². The first kappa shape index (κ1) is 20.8. The van der Waals surface area contributed by atoms with Gasteiger partial charge in [0, 0.05) is 48.4 Å².